The number of benzene rings is 2. The fourth-order valence-corrected chi connectivity index (χ4v) is 4.36. The molecule has 0 saturated heterocycles. The van der Waals surface area contributed by atoms with E-state index in [2.05, 4.69) is 31.2 Å². The van der Waals surface area contributed by atoms with Gasteiger partial charge >= 0.3 is 5.97 Å². The van der Waals surface area contributed by atoms with Crippen LogP contribution in [0.5, 0.6) is 0 Å². The summed E-state index contributed by atoms with van der Waals surface area (Å²) in [7, 11) is 1.35. The van der Waals surface area contributed by atoms with E-state index < -0.39 is 0 Å². The Hall–Kier alpha value is -2.56. The molecule has 0 aliphatic carbocycles. The topological polar surface area (TPSA) is 48.3 Å². The molecule has 6 heteroatoms. The molecule has 0 amide bonds. The molecule has 1 heterocycles. The zero-order chi connectivity index (χ0) is 23.1. The van der Waals surface area contributed by atoms with Crippen LogP contribution in [0.1, 0.15) is 46.1 Å². The number of hydrogen-bond donors (Lipinski definition) is 0. The van der Waals surface area contributed by atoms with Crippen molar-refractivity contribution < 1.29 is 9.53 Å². The zero-order valence-corrected chi connectivity index (χ0v) is 19.9. The molecule has 168 valence electrons. The van der Waals surface area contributed by atoms with Crippen molar-refractivity contribution in [1.29, 1.82) is 0 Å². The smallest absolute Gasteiger partial charge is 0.337 e. The van der Waals surface area contributed by atoms with Crippen molar-refractivity contribution in [3.8, 4) is 0 Å². The molecule has 0 spiro atoms. The second-order valence-electron chi connectivity index (χ2n) is 7.75. The van der Waals surface area contributed by atoms with Crippen molar-refractivity contribution in [2.45, 2.75) is 45.6 Å². The molecular formula is C26H27Cl2NO3. The van der Waals surface area contributed by atoms with Gasteiger partial charge in [-0.2, -0.15) is 0 Å². The van der Waals surface area contributed by atoms with Gasteiger partial charge in [-0.15, -0.1) is 0 Å². The van der Waals surface area contributed by atoms with Crippen molar-refractivity contribution in [2.75, 3.05) is 7.11 Å². The Labute approximate surface area is 198 Å². The molecule has 0 bridgehead atoms. The number of aryl methyl sites for hydroxylation is 3. The van der Waals surface area contributed by atoms with Gasteiger partial charge < -0.3 is 9.30 Å². The van der Waals surface area contributed by atoms with Crippen LogP contribution in [-0.2, 0) is 37.0 Å². The molecule has 3 rings (SSSR count). The first-order valence-electron chi connectivity index (χ1n) is 10.8. The number of aromatic nitrogens is 1. The van der Waals surface area contributed by atoms with Gasteiger partial charge in [-0.05, 0) is 60.6 Å². The maximum absolute atomic E-state index is 12.8. The lowest BCUT2D eigenvalue weighted by atomic mass is 10.0. The van der Waals surface area contributed by atoms with Crippen LogP contribution in [-0.4, -0.2) is 17.6 Å². The van der Waals surface area contributed by atoms with E-state index in [0.29, 0.717) is 30.0 Å². The number of ether oxygens (including phenoxy) is 1. The highest BCUT2D eigenvalue weighted by molar-refractivity contribution is 6.34. The number of esters is 1. The molecule has 0 aliphatic rings. The molecule has 0 saturated carbocycles. The zero-order valence-electron chi connectivity index (χ0n) is 18.4. The summed E-state index contributed by atoms with van der Waals surface area (Å²) in [5.74, 6) is -0.375. The molecule has 4 nitrogen and oxygen atoms in total. The monoisotopic (exact) mass is 471 g/mol. The molecule has 0 radical (unpaired) electrons. The average molecular weight is 472 g/mol. The largest absolute Gasteiger partial charge is 0.465 e. The van der Waals surface area contributed by atoms with Crippen molar-refractivity contribution in [3.05, 3.63) is 103 Å². The fraction of sp³-hybridized carbons (Fsp3) is 0.308. The summed E-state index contributed by atoms with van der Waals surface area (Å²) in [6, 6.07) is 17.3. The lowest BCUT2D eigenvalue weighted by Crippen LogP contribution is -2.25. The number of halogens is 2. The summed E-state index contributed by atoms with van der Waals surface area (Å²) in [5, 5.41) is 0.616. The van der Waals surface area contributed by atoms with E-state index in [1.807, 2.05) is 12.1 Å². The third-order valence-electron chi connectivity index (χ3n) is 5.48. The molecule has 0 aliphatic heterocycles. The third kappa shape index (κ3) is 6.02. The minimum Gasteiger partial charge on any atom is -0.465 e. The number of pyridine rings is 1. The number of carbonyl (C=O) groups excluding carboxylic acids is 1. The molecule has 32 heavy (non-hydrogen) atoms. The van der Waals surface area contributed by atoms with Gasteiger partial charge in [-0.3, -0.25) is 4.79 Å². The van der Waals surface area contributed by atoms with Crippen LogP contribution in [0.4, 0.5) is 0 Å². The highest BCUT2D eigenvalue weighted by Crippen LogP contribution is 2.21. The number of rotatable bonds is 9. The van der Waals surface area contributed by atoms with Gasteiger partial charge in [0.1, 0.15) is 5.02 Å². The third-order valence-corrected chi connectivity index (χ3v) is 6.08. The summed E-state index contributed by atoms with van der Waals surface area (Å²) >= 11 is 12.7. The van der Waals surface area contributed by atoms with Crippen molar-refractivity contribution >= 4 is 29.2 Å². The minimum atomic E-state index is -0.375. The van der Waals surface area contributed by atoms with Crippen molar-refractivity contribution in [2.24, 2.45) is 0 Å². The quantitative estimate of drug-likeness (QED) is 0.363. The highest BCUT2D eigenvalue weighted by Gasteiger charge is 2.14. The molecule has 0 fully saturated rings. The van der Waals surface area contributed by atoms with Gasteiger partial charge in [0, 0.05) is 12.2 Å². The number of carbonyl (C=O) groups is 1. The number of hydrogen-bond acceptors (Lipinski definition) is 3. The Kier molecular flexibility index (Phi) is 8.54. The second kappa shape index (κ2) is 11.3. The predicted octanol–water partition coefficient (Wildman–Crippen LogP) is 5.92. The summed E-state index contributed by atoms with van der Waals surface area (Å²) in [4.78, 5) is 24.4. The lowest BCUT2D eigenvalue weighted by Gasteiger charge is -2.16. The molecule has 0 N–H and O–H groups in total. The lowest BCUT2D eigenvalue weighted by molar-refractivity contribution is 0.0600. The van der Waals surface area contributed by atoms with Gasteiger partial charge in [-0.25, -0.2) is 4.79 Å². The van der Waals surface area contributed by atoms with Crippen LogP contribution in [0.3, 0.4) is 0 Å². The standard InChI is InChI=1S/C26H27Cl2NO3/c1-3-5-19-6-4-7-20(16-19)10-13-24-22(27)17-23(28)25(30)29(24)15-14-18-8-11-21(12-9-18)26(31)32-2/h4,6-9,11-12,16-17H,3,5,10,13-15H2,1-2H3. The second-order valence-corrected chi connectivity index (χ2v) is 8.57. The van der Waals surface area contributed by atoms with Crippen LogP contribution in [0.2, 0.25) is 10.0 Å². The van der Waals surface area contributed by atoms with E-state index in [0.717, 1.165) is 30.5 Å². The van der Waals surface area contributed by atoms with E-state index in [1.165, 1.54) is 24.3 Å². The molecule has 1 aromatic heterocycles. The Morgan fingerprint density at radius 3 is 2.22 bits per heavy atom. The van der Waals surface area contributed by atoms with Gasteiger partial charge in [0.25, 0.3) is 5.56 Å². The highest BCUT2D eigenvalue weighted by atomic mass is 35.5. The first kappa shape index (κ1) is 24.1. The van der Waals surface area contributed by atoms with Crippen molar-refractivity contribution in [1.82, 2.24) is 4.57 Å². The molecular weight excluding hydrogens is 445 g/mol. The Bertz CT molecular complexity index is 1140. The van der Waals surface area contributed by atoms with Gasteiger partial charge in [-0.1, -0.05) is 72.9 Å². The van der Waals surface area contributed by atoms with E-state index in [4.69, 9.17) is 27.9 Å². The van der Waals surface area contributed by atoms with E-state index >= 15 is 0 Å². The Morgan fingerprint density at radius 1 is 0.875 bits per heavy atom. The summed E-state index contributed by atoms with van der Waals surface area (Å²) in [5.41, 5.74) is 4.58. The Morgan fingerprint density at radius 2 is 1.56 bits per heavy atom. The summed E-state index contributed by atoms with van der Waals surface area (Å²) < 4.78 is 6.41. The van der Waals surface area contributed by atoms with Crippen LogP contribution < -0.4 is 5.56 Å². The van der Waals surface area contributed by atoms with Crippen LogP contribution in [0.15, 0.2) is 59.4 Å². The van der Waals surface area contributed by atoms with Gasteiger partial charge in [0.15, 0.2) is 0 Å². The van der Waals surface area contributed by atoms with Crippen molar-refractivity contribution in [3.63, 3.8) is 0 Å². The molecule has 0 atom stereocenters. The maximum Gasteiger partial charge on any atom is 0.337 e. The van der Waals surface area contributed by atoms with E-state index in [1.54, 1.807) is 16.7 Å². The SMILES string of the molecule is CCCc1cccc(CCc2c(Cl)cc(Cl)c(=O)n2CCc2ccc(C(=O)OC)cc2)c1. The Balaban J connectivity index is 1.79. The first-order valence-corrected chi connectivity index (χ1v) is 11.5. The number of nitrogens with zero attached hydrogens (tertiary/aromatic N) is 1. The van der Waals surface area contributed by atoms with Crippen LogP contribution in [0, 0.1) is 0 Å². The molecule has 3 aromatic rings. The summed E-state index contributed by atoms with van der Waals surface area (Å²) in [6.07, 6.45) is 4.19. The fourth-order valence-electron chi connectivity index (χ4n) is 3.79. The van der Waals surface area contributed by atoms with Crippen LogP contribution >= 0.6 is 23.2 Å². The molecule has 2 aromatic carbocycles. The minimum absolute atomic E-state index is 0.115. The number of methoxy groups -OCH3 is 1. The average Bonchev–Trinajstić information content (AvgIpc) is 2.80. The van der Waals surface area contributed by atoms with Crippen LogP contribution in [0.25, 0.3) is 0 Å². The summed E-state index contributed by atoms with van der Waals surface area (Å²) in [6.45, 7) is 2.61. The first-order chi connectivity index (χ1) is 15.4. The van der Waals surface area contributed by atoms with E-state index in [9.17, 15) is 9.59 Å². The van der Waals surface area contributed by atoms with Gasteiger partial charge in [0.05, 0.1) is 17.7 Å². The molecule has 0 unspecified atom stereocenters. The van der Waals surface area contributed by atoms with E-state index in [-0.39, 0.29) is 16.6 Å². The normalized spacial score (nSPS) is 10.9. The van der Waals surface area contributed by atoms with Gasteiger partial charge in [0.2, 0.25) is 0 Å². The maximum atomic E-state index is 12.8. The predicted molar refractivity (Wildman–Crippen MR) is 130 cm³/mol.